The fourth-order valence-corrected chi connectivity index (χ4v) is 7.77. The van der Waals surface area contributed by atoms with Crippen molar-refractivity contribution in [1.29, 1.82) is 0 Å². The van der Waals surface area contributed by atoms with E-state index in [0.29, 0.717) is 17.4 Å². The van der Waals surface area contributed by atoms with E-state index < -0.39 is 26.5 Å². The van der Waals surface area contributed by atoms with Crippen LogP contribution in [0.25, 0.3) is 0 Å². The van der Waals surface area contributed by atoms with E-state index >= 15 is 0 Å². The molecule has 0 amide bonds. The number of phosphoric acid groups is 1. The summed E-state index contributed by atoms with van der Waals surface area (Å²) in [5.41, 5.74) is 0. The average Bonchev–Trinajstić information content (AvgIpc) is 3.20. The Morgan fingerprint density at radius 3 is 1.32 bits per heavy atom. The smallest absolute Gasteiger partial charge is 0.306 e. The van der Waals surface area contributed by atoms with Gasteiger partial charge in [-0.2, -0.15) is 0 Å². The van der Waals surface area contributed by atoms with E-state index in [1.807, 2.05) is 21.1 Å². The predicted octanol–water partition coefficient (Wildman–Crippen LogP) is 14.1. The van der Waals surface area contributed by atoms with Crippen LogP contribution in [-0.2, 0) is 32.7 Å². The first-order valence-electron chi connectivity index (χ1n) is 25.0. The summed E-state index contributed by atoms with van der Waals surface area (Å²) in [6, 6.07) is 0. The molecule has 0 radical (unpaired) electrons. The van der Waals surface area contributed by atoms with Crippen LogP contribution in [0.15, 0.2) is 24.3 Å². The fourth-order valence-electron chi connectivity index (χ4n) is 7.04. The van der Waals surface area contributed by atoms with Crippen LogP contribution in [0.5, 0.6) is 0 Å². The third kappa shape index (κ3) is 46.0. The van der Waals surface area contributed by atoms with Crippen LogP contribution in [0.4, 0.5) is 0 Å². The predicted molar refractivity (Wildman–Crippen MR) is 250 cm³/mol. The van der Waals surface area contributed by atoms with E-state index in [2.05, 4.69) is 38.2 Å². The Bertz CT molecular complexity index is 1070. The molecule has 2 unspecified atom stereocenters. The molecule has 0 heterocycles. The van der Waals surface area contributed by atoms with Crippen LogP contribution >= 0.6 is 7.82 Å². The minimum atomic E-state index is -4.62. The Morgan fingerprint density at radius 2 is 0.900 bits per heavy atom. The Hall–Kier alpha value is -1.51. The molecule has 10 heteroatoms. The van der Waals surface area contributed by atoms with Crippen molar-refractivity contribution in [3.05, 3.63) is 24.3 Å². The van der Waals surface area contributed by atoms with Gasteiger partial charge in [0.25, 0.3) is 7.82 Å². The fraction of sp³-hybridized carbons (Fsp3) is 0.880. The largest absolute Gasteiger partial charge is 0.756 e. The second kappa shape index (κ2) is 42.8. The van der Waals surface area contributed by atoms with Crippen molar-refractivity contribution in [2.24, 2.45) is 0 Å². The van der Waals surface area contributed by atoms with E-state index in [9.17, 15) is 19.0 Å². The highest BCUT2D eigenvalue weighted by molar-refractivity contribution is 7.45. The molecule has 0 aromatic heterocycles. The number of carbonyl (C=O) groups excluding carboxylic acids is 2. The molecule has 0 fully saturated rings. The van der Waals surface area contributed by atoms with Crippen molar-refractivity contribution in [1.82, 2.24) is 0 Å². The highest BCUT2D eigenvalue weighted by Crippen LogP contribution is 2.38. The number of hydrogen-bond donors (Lipinski definition) is 0. The van der Waals surface area contributed by atoms with Gasteiger partial charge in [-0.25, -0.2) is 0 Å². The maximum absolute atomic E-state index is 12.7. The van der Waals surface area contributed by atoms with Gasteiger partial charge in [0, 0.05) is 12.8 Å². The standard InChI is InChI=1S/C50H96NO8P/c1-6-8-10-12-14-15-16-17-18-19-20-21-22-23-24-25-26-27-28-29-30-31-32-33-34-35-37-39-41-43-50(53)59-48(47-58-60(54,55)57-45-44-51(3,4)5)46-56-49(52)42-40-38-36-13-11-9-7-2/h16-17,19-20,48H,6-15,18,21-47H2,1-5H3/b17-16-,20-19-. The van der Waals surface area contributed by atoms with Gasteiger partial charge < -0.3 is 27.9 Å². The molecule has 60 heavy (non-hydrogen) atoms. The lowest BCUT2D eigenvalue weighted by molar-refractivity contribution is -0.870. The van der Waals surface area contributed by atoms with Crippen molar-refractivity contribution in [2.45, 2.75) is 238 Å². The number of ether oxygens (including phenoxy) is 2. The maximum atomic E-state index is 12.7. The van der Waals surface area contributed by atoms with E-state index in [4.69, 9.17) is 18.5 Å². The molecule has 0 aromatic rings. The number of unbranched alkanes of at least 4 members (excludes halogenated alkanes) is 28. The molecule has 0 bridgehead atoms. The van der Waals surface area contributed by atoms with Crippen molar-refractivity contribution in [3.63, 3.8) is 0 Å². The molecule has 0 saturated heterocycles. The lowest BCUT2D eigenvalue weighted by Gasteiger charge is -2.28. The number of quaternary nitrogens is 1. The van der Waals surface area contributed by atoms with Crippen LogP contribution in [-0.4, -0.2) is 70.0 Å². The van der Waals surface area contributed by atoms with E-state index in [1.165, 1.54) is 161 Å². The summed E-state index contributed by atoms with van der Waals surface area (Å²) in [5.74, 6) is -0.832. The number of esters is 2. The molecule has 9 nitrogen and oxygen atoms in total. The number of likely N-dealkylation sites (N-methyl/N-ethyl adjacent to an activating group) is 1. The van der Waals surface area contributed by atoms with Crippen LogP contribution < -0.4 is 4.89 Å². The van der Waals surface area contributed by atoms with Crippen LogP contribution in [0, 0.1) is 0 Å². The molecular formula is C50H96NO8P. The number of phosphoric ester groups is 1. The van der Waals surface area contributed by atoms with E-state index in [-0.39, 0.29) is 32.0 Å². The Balaban J connectivity index is 3.97. The normalized spacial score (nSPS) is 13.6. The van der Waals surface area contributed by atoms with Crippen LogP contribution in [0.3, 0.4) is 0 Å². The zero-order valence-electron chi connectivity index (χ0n) is 39.9. The highest BCUT2D eigenvalue weighted by Gasteiger charge is 2.21. The summed E-state index contributed by atoms with van der Waals surface area (Å²) in [4.78, 5) is 37.4. The first-order chi connectivity index (χ1) is 29.0. The highest BCUT2D eigenvalue weighted by atomic mass is 31.2. The third-order valence-electron chi connectivity index (χ3n) is 11.0. The van der Waals surface area contributed by atoms with Crippen molar-refractivity contribution in [3.8, 4) is 0 Å². The molecule has 2 atom stereocenters. The van der Waals surface area contributed by atoms with Crippen molar-refractivity contribution in [2.75, 3.05) is 47.5 Å². The Morgan fingerprint density at radius 1 is 0.517 bits per heavy atom. The number of nitrogens with zero attached hydrogens (tertiary/aromatic N) is 1. The second-order valence-corrected chi connectivity index (χ2v) is 19.6. The van der Waals surface area contributed by atoms with Crippen LogP contribution in [0.2, 0.25) is 0 Å². The molecule has 0 N–H and O–H groups in total. The molecule has 0 rings (SSSR count). The first-order valence-corrected chi connectivity index (χ1v) is 26.5. The zero-order chi connectivity index (χ0) is 44.3. The molecule has 0 spiro atoms. The zero-order valence-corrected chi connectivity index (χ0v) is 40.8. The average molecular weight is 870 g/mol. The summed E-state index contributed by atoms with van der Waals surface area (Å²) >= 11 is 0. The minimum absolute atomic E-state index is 0.0282. The molecule has 0 saturated carbocycles. The number of hydrogen-bond acceptors (Lipinski definition) is 8. The monoisotopic (exact) mass is 870 g/mol. The molecule has 0 aliphatic heterocycles. The van der Waals surface area contributed by atoms with Gasteiger partial charge in [0.15, 0.2) is 6.10 Å². The quantitative estimate of drug-likeness (QED) is 0.0195. The lowest BCUT2D eigenvalue weighted by atomic mass is 10.0. The van der Waals surface area contributed by atoms with Crippen molar-refractivity contribution < 1.29 is 42.1 Å². The van der Waals surface area contributed by atoms with E-state index in [1.54, 1.807) is 0 Å². The summed E-state index contributed by atoms with van der Waals surface area (Å²) in [7, 11) is 1.17. The summed E-state index contributed by atoms with van der Waals surface area (Å²) in [6.07, 6.45) is 48.2. The van der Waals surface area contributed by atoms with E-state index in [0.717, 1.165) is 38.5 Å². The minimum Gasteiger partial charge on any atom is -0.756 e. The SMILES string of the molecule is CCCCCCC/C=C\C/C=C\CCCCCCCCCCCCCCCCCCCC(=O)OC(COC(=O)CCCCCCCCC)COP(=O)([O-])OCC[N+](C)(C)C. The van der Waals surface area contributed by atoms with Gasteiger partial charge in [-0.1, -0.05) is 199 Å². The molecule has 0 aliphatic carbocycles. The molecule has 354 valence electrons. The number of carbonyl (C=O) groups is 2. The lowest BCUT2D eigenvalue weighted by Crippen LogP contribution is -2.37. The van der Waals surface area contributed by atoms with Gasteiger partial charge in [0.2, 0.25) is 0 Å². The van der Waals surface area contributed by atoms with Gasteiger partial charge in [-0.15, -0.1) is 0 Å². The second-order valence-electron chi connectivity index (χ2n) is 18.2. The first kappa shape index (κ1) is 58.5. The summed E-state index contributed by atoms with van der Waals surface area (Å²) in [6.45, 7) is 4.19. The molecule has 0 aromatic carbocycles. The van der Waals surface area contributed by atoms with Gasteiger partial charge in [0.1, 0.15) is 19.8 Å². The van der Waals surface area contributed by atoms with Gasteiger partial charge >= 0.3 is 11.9 Å². The number of rotatable bonds is 46. The summed E-state index contributed by atoms with van der Waals surface area (Å²) in [5, 5.41) is 0. The van der Waals surface area contributed by atoms with Gasteiger partial charge in [-0.3, -0.25) is 14.2 Å². The van der Waals surface area contributed by atoms with Crippen molar-refractivity contribution >= 4 is 19.8 Å². The summed E-state index contributed by atoms with van der Waals surface area (Å²) < 4.78 is 33.8. The topological polar surface area (TPSA) is 111 Å². The number of allylic oxidation sites excluding steroid dienone is 4. The van der Waals surface area contributed by atoms with Gasteiger partial charge in [0.05, 0.1) is 27.7 Å². The molecule has 0 aliphatic rings. The Kier molecular flexibility index (Phi) is 41.7. The van der Waals surface area contributed by atoms with Gasteiger partial charge in [-0.05, 0) is 44.9 Å². The van der Waals surface area contributed by atoms with Crippen LogP contribution in [0.1, 0.15) is 232 Å². The maximum Gasteiger partial charge on any atom is 0.306 e. The Labute approximate surface area is 370 Å². The molecular weight excluding hydrogens is 774 g/mol. The third-order valence-corrected chi connectivity index (χ3v) is 11.9.